The van der Waals surface area contributed by atoms with E-state index in [0.29, 0.717) is 17.2 Å². The first-order valence-electron chi connectivity index (χ1n) is 4.03. The zero-order chi connectivity index (χ0) is 10.4. The summed E-state index contributed by atoms with van der Waals surface area (Å²) in [5.74, 6) is 0.466. The van der Waals surface area contributed by atoms with Crippen molar-refractivity contribution in [1.82, 2.24) is 4.98 Å². The fourth-order valence-corrected chi connectivity index (χ4v) is 1.67. The number of ether oxygens (including phenoxy) is 1. The smallest absolute Gasteiger partial charge is 0.306 e. The lowest BCUT2D eigenvalue weighted by molar-refractivity contribution is -0.140. The monoisotopic (exact) mass is 231 g/mol. The number of halogens is 1. The number of aromatic nitrogens is 1. The van der Waals surface area contributed by atoms with E-state index >= 15 is 0 Å². The summed E-state index contributed by atoms with van der Waals surface area (Å²) in [6.07, 6.45) is 1.98. The Hall–Kier alpha value is -0.740. The summed E-state index contributed by atoms with van der Waals surface area (Å²) < 4.78 is 4.51. The molecule has 0 aliphatic heterocycles. The Labute approximate surface area is 91.8 Å². The lowest BCUT2D eigenvalue weighted by Crippen LogP contribution is -2.01. The van der Waals surface area contributed by atoms with Gasteiger partial charge in [-0.2, -0.15) is 0 Å². The average molecular weight is 232 g/mol. The molecule has 0 saturated carbocycles. The highest BCUT2D eigenvalue weighted by atomic mass is 35.5. The quantitative estimate of drug-likeness (QED) is 0.589. The minimum Gasteiger partial charge on any atom is -0.469 e. The van der Waals surface area contributed by atoms with E-state index in [2.05, 4.69) is 9.72 Å². The van der Waals surface area contributed by atoms with Crippen molar-refractivity contribution in [3.63, 3.8) is 0 Å². The summed E-state index contributed by atoms with van der Waals surface area (Å²) in [5.41, 5.74) is 0. The minimum atomic E-state index is -0.202. The van der Waals surface area contributed by atoms with Crippen LogP contribution in [0.5, 0.6) is 0 Å². The Kier molecular flexibility index (Phi) is 4.76. The van der Waals surface area contributed by atoms with E-state index in [9.17, 15) is 4.79 Å². The van der Waals surface area contributed by atoms with Crippen molar-refractivity contribution in [2.24, 2.45) is 0 Å². The van der Waals surface area contributed by atoms with E-state index < -0.39 is 0 Å². The third-order valence-electron chi connectivity index (χ3n) is 1.48. The Morgan fingerprint density at radius 2 is 2.43 bits per heavy atom. The van der Waals surface area contributed by atoms with E-state index in [1.165, 1.54) is 18.9 Å². The van der Waals surface area contributed by atoms with Crippen LogP contribution in [0, 0.1) is 0 Å². The second-order valence-electron chi connectivity index (χ2n) is 2.49. The molecule has 1 heterocycles. The molecule has 0 radical (unpaired) electrons. The lowest BCUT2D eigenvalue weighted by atomic mass is 10.5. The summed E-state index contributed by atoms with van der Waals surface area (Å²) in [6.45, 7) is 0. The van der Waals surface area contributed by atoms with Gasteiger partial charge in [-0.1, -0.05) is 11.6 Å². The van der Waals surface area contributed by atoms with Crippen molar-refractivity contribution in [1.29, 1.82) is 0 Å². The molecule has 0 aliphatic carbocycles. The van der Waals surface area contributed by atoms with Crippen molar-refractivity contribution >= 4 is 29.3 Å². The van der Waals surface area contributed by atoms with E-state index in [-0.39, 0.29) is 5.97 Å². The first kappa shape index (κ1) is 11.3. The molecule has 0 N–H and O–H groups in total. The van der Waals surface area contributed by atoms with Gasteiger partial charge in [-0.25, -0.2) is 4.98 Å². The van der Waals surface area contributed by atoms with Gasteiger partial charge >= 0.3 is 5.97 Å². The van der Waals surface area contributed by atoms with Gasteiger partial charge in [0.25, 0.3) is 0 Å². The molecule has 0 atom stereocenters. The summed E-state index contributed by atoms with van der Waals surface area (Å²) in [5, 5.41) is 1.47. The number of thioether (sulfide) groups is 1. The van der Waals surface area contributed by atoms with Crippen LogP contribution in [0.2, 0.25) is 5.02 Å². The molecule has 0 aromatic carbocycles. The van der Waals surface area contributed by atoms with Gasteiger partial charge in [-0.15, -0.1) is 11.8 Å². The van der Waals surface area contributed by atoms with E-state index in [0.717, 1.165) is 5.03 Å². The molecule has 0 unspecified atom stereocenters. The van der Waals surface area contributed by atoms with Gasteiger partial charge in [0.1, 0.15) is 0 Å². The fraction of sp³-hybridized carbons (Fsp3) is 0.333. The summed E-state index contributed by atoms with van der Waals surface area (Å²) in [4.78, 5) is 14.9. The molecule has 1 aromatic rings. The predicted molar refractivity (Wildman–Crippen MR) is 56.6 cm³/mol. The van der Waals surface area contributed by atoms with Crippen LogP contribution in [0.4, 0.5) is 0 Å². The number of carbonyl (C=O) groups is 1. The number of hydrogen-bond acceptors (Lipinski definition) is 4. The van der Waals surface area contributed by atoms with Gasteiger partial charge in [0, 0.05) is 11.9 Å². The first-order chi connectivity index (χ1) is 6.72. The normalized spacial score (nSPS) is 9.86. The number of nitrogens with zero attached hydrogens (tertiary/aromatic N) is 1. The molecule has 0 aliphatic rings. The van der Waals surface area contributed by atoms with E-state index in [1.807, 2.05) is 6.07 Å². The Morgan fingerprint density at radius 3 is 3.00 bits per heavy atom. The third-order valence-corrected chi connectivity index (χ3v) is 2.65. The van der Waals surface area contributed by atoms with Crippen LogP contribution in [0.1, 0.15) is 6.42 Å². The second kappa shape index (κ2) is 5.88. The van der Waals surface area contributed by atoms with Crippen LogP contribution < -0.4 is 0 Å². The SMILES string of the molecule is COC(=O)CCSc1ccc(Cl)cn1. The zero-order valence-corrected chi connectivity index (χ0v) is 9.27. The number of hydrogen-bond donors (Lipinski definition) is 0. The highest BCUT2D eigenvalue weighted by Crippen LogP contribution is 2.17. The Balaban J connectivity index is 2.31. The molecule has 0 amide bonds. The molecule has 3 nitrogen and oxygen atoms in total. The lowest BCUT2D eigenvalue weighted by Gasteiger charge is -1.99. The zero-order valence-electron chi connectivity index (χ0n) is 7.70. The van der Waals surface area contributed by atoms with Gasteiger partial charge < -0.3 is 4.74 Å². The number of pyridine rings is 1. The highest BCUT2D eigenvalue weighted by molar-refractivity contribution is 7.99. The fourth-order valence-electron chi connectivity index (χ4n) is 0.789. The topological polar surface area (TPSA) is 39.2 Å². The standard InChI is InChI=1S/C9H10ClNO2S/c1-13-9(12)4-5-14-8-3-2-7(10)6-11-8/h2-3,6H,4-5H2,1H3. The minimum absolute atomic E-state index is 0.202. The van der Waals surface area contributed by atoms with Crippen LogP contribution >= 0.6 is 23.4 Å². The largest absolute Gasteiger partial charge is 0.469 e. The molecule has 0 bridgehead atoms. The number of esters is 1. The molecule has 0 saturated heterocycles. The second-order valence-corrected chi connectivity index (χ2v) is 4.04. The molecule has 76 valence electrons. The highest BCUT2D eigenvalue weighted by Gasteiger charge is 2.01. The molecular formula is C9H10ClNO2S. The Morgan fingerprint density at radius 1 is 1.64 bits per heavy atom. The van der Waals surface area contributed by atoms with Crippen molar-refractivity contribution in [3.8, 4) is 0 Å². The van der Waals surface area contributed by atoms with Gasteiger partial charge in [0.2, 0.25) is 0 Å². The Bertz CT molecular complexity index is 302. The van der Waals surface area contributed by atoms with E-state index in [4.69, 9.17) is 11.6 Å². The molecular weight excluding hydrogens is 222 g/mol. The van der Waals surface area contributed by atoms with Gasteiger partial charge in [0.15, 0.2) is 0 Å². The van der Waals surface area contributed by atoms with Crippen molar-refractivity contribution < 1.29 is 9.53 Å². The van der Waals surface area contributed by atoms with Crippen LogP contribution in [0.15, 0.2) is 23.4 Å². The van der Waals surface area contributed by atoms with Crippen molar-refractivity contribution in [3.05, 3.63) is 23.4 Å². The molecule has 0 fully saturated rings. The number of rotatable bonds is 4. The third kappa shape index (κ3) is 3.98. The van der Waals surface area contributed by atoms with Crippen LogP contribution in [-0.4, -0.2) is 23.8 Å². The number of carbonyl (C=O) groups excluding carboxylic acids is 1. The van der Waals surface area contributed by atoms with Crippen molar-refractivity contribution in [2.45, 2.75) is 11.4 Å². The molecule has 5 heteroatoms. The molecule has 0 spiro atoms. The van der Waals surface area contributed by atoms with Crippen LogP contribution in [0.3, 0.4) is 0 Å². The summed E-state index contributed by atoms with van der Waals surface area (Å²) in [6, 6.07) is 3.60. The van der Waals surface area contributed by atoms with Crippen LogP contribution in [0.25, 0.3) is 0 Å². The molecule has 1 rings (SSSR count). The summed E-state index contributed by atoms with van der Waals surface area (Å²) in [7, 11) is 1.38. The number of methoxy groups -OCH3 is 1. The maximum atomic E-state index is 10.8. The van der Waals surface area contributed by atoms with Gasteiger partial charge in [-0.05, 0) is 12.1 Å². The predicted octanol–water partition coefficient (Wildman–Crippen LogP) is 2.39. The van der Waals surface area contributed by atoms with E-state index in [1.54, 1.807) is 12.3 Å². The molecule has 14 heavy (non-hydrogen) atoms. The maximum Gasteiger partial charge on any atom is 0.306 e. The van der Waals surface area contributed by atoms with Gasteiger partial charge in [0.05, 0.1) is 23.6 Å². The summed E-state index contributed by atoms with van der Waals surface area (Å²) >= 11 is 7.17. The van der Waals surface area contributed by atoms with Crippen LogP contribution in [-0.2, 0) is 9.53 Å². The van der Waals surface area contributed by atoms with Crippen molar-refractivity contribution in [2.75, 3.05) is 12.9 Å². The maximum absolute atomic E-state index is 10.8. The first-order valence-corrected chi connectivity index (χ1v) is 5.40. The van der Waals surface area contributed by atoms with Gasteiger partial charge in [-0.3, -0.25) is 4.79 Å². The average Bonchev–Trinajstić information content (AvgIpc) is 2.21. The molecule has 1 aromatic heterocycles.